The van der Waals surface area contributed by atoms with Crippen molar-refractivity contribution in [2.45, 2.75) is 32.9 Å². The van der Waals surface area contributed by atoms with E-state index in [0.29, 0.717) is 24.2 Å². The average molecular weight is 361 g/mol. The van der Waals surface area contributed by atoms with Crippen LogP contribution in [0.5, 0.6) is 0 Å². The zero-order chi connectivity index (χ0) is 18.7. The van der Waals surface area contributed by atoms with Crippen LogP contribution in [-0.4, -0.2) is 26.8 Å². The summed E-state index contributed by atoms with van der Waals surface area (Å²) in [7, 11) is 0. The molecule has 2 aromatic heterocycles. The molecule has 1 aliphatic rings. The molecule has 1 amide bonds. The van der Waals surface area contributed by atoms with Gasteiger partial charge in [-0.05, 0) is 37.6 Å². The van der Waals surface area contributed by atoms with E-state index >= 15 is 0 Å². The number of nitrogens with one attached hydrogen (secondary N) is 2. The van der Waals surface area contributed by atoms with E-state index in [1.54, 1.807) is 6.07 Å². The van der Waals surface area contributed by atoms with Crippen LogP contribution in [0, 0.1) is 12.7 Å². The normalized spacial score (nSPS) is 16.9. The molecule has 0 spiro atoms. The Bertz CT molecular complexity index is 1170. The predicted molar refractivity (Wildman–Crippen MR) is 104 cm³/mol. The van der Waals surface area contributed by atoms with Crippen molar-refractivity contribution in [1.29, 1.82) is 0 Å². The molecule has 136 valence electrons. The molecule has 0 saturated carbocycles. The van der Waals surface area contributed by atoms with Crippen LogP contribution in [0.3, 0.4) is 0 Å². The van der Waals surface area contributed by atoms with E-state index in [-0.39, 0.29) is 17.8 Å². The molecular weight excluding hydrogens is 341 g/mol. The third kappa shape index (κ3) is 2.38. The second-order valence-electron chi connectivity index (χ2n) is 7.45. The fourth-order valence-electron chi connectivity index (χ4n) is 4.27. The Labute approximate surface area is 156 Å². The van der Waals surface area contributed by atoms with Crippen LogP contribution in [0.25, 0.3) is 21.8 Å². The minimum Gasteiger partial charge on any atom is -0.356 e. The molecule has 1 atom stereocenters. The maximum absolute atomic E-state index is 14.3. The number of hydrogen-bond acceptors (Lipinski definition) is 1. The summed E-state index contributed by atoms with van der Waals surface area (Å²) in [5.41, 5.74) is 5.19. The lowest BCUT2D eigenvalue weighted by molar-refractivity contribution is 0.0653. The van der Waals surface area contributed by atoms with Gasteiger partial charge in [0.2, 0.25) is 0 Å². The van der Waals surface area contributed by atoms with Crippen molar-refractivity contribution in [2.24, 2.45) is 0 Å². The highest BCUT2D eigenvalue weighted by atomic mass is 19.1. The van der Waals surface area contributed by atoms with Crippen LogP contribution in [0.15, 0.2) is 42.5 Å². The van der Waals surface area contributed by atoms with Crippen LogP contribution in [0.2, 0.25) is 0 Å². The Hall–Kier alpha value is -3.08. The summed E-state index contributed by atoms with van der Waals surface area (Å²) < 4.78 is 14.3. The molecule has 1 aliphatic heterocycles. The number of hydrogen-bond donors (Lipinski definition) is 2. The Kier molecular flexibility index (Phi) is 3.41. The first-order valence-electron chi connectivity index (χ1n) is 9.20. The van der Waals surface area contributed by atoms with Gasteiger partial charge >= 0.3 is 0 Å². The van der Waals surface area contributed by atoms with Crippen molar-refractivity contribution in [2.75, 3.05) is 0 Å². The molecule has 5 rings (SSSR count). The van der Waals surface area contributed by atoms with Crippen LogP contribution in [0.4, 0.5) is 4.39 Å². The summed E-state index contributed by atoms with van der Waals surface area (Å²) in [6.45, 7) is 4.50. The van der Waals surface area contributed by atoms with E-state index in [1.807, 2.05) is 49.1 Å². The third-order valence-corrected chi connectivity index (χ3v) is 5.69. The van der Waals surface area contributed by atoms with Crippen LogP contribution < -0.4 is 0 Å². The second-order valence-corrected chi connectivity index (χ2v) is 7.45. The lowest BCUT2D eigenvalue weighted by Gasteiger charge is -2.33. The zero-order valence-corrected chi connectivity index (χ0v) is 15.3. The highest BCUT2D eigenvalue weighted by Crippen LogP contribution is 2.34. The molecule has 1 unspecified atom stereocenters. The van der Waals surface area contributed by atoms with Gasteiger partial charge in [0.1, 0.15) is 11.5 Å². The molecule has 0 fully saturated rings. The topological polar surface area (TPSA) is 51.9 Å². The van der Waals surface area contributed by atoms with Gasteiger partial charge in [-0.2, -0.15) is 0 Å². The average Bonchev–Trinajstić information content (AvgIpc) is 3.25. The van der Waals surface area contributed by atoms with Gasteiger partial charge in [-0.1, -0.05) is 24.3 Å². The number of benzene rings is 2. The highest BCUT2D eigenvalue weighted by molar-refractivity contribution is 5.99. The number of nitrogens with zero attached hydrogens (tertiary/aromatic N) is 1. The predicted octanol–water partition coefficient (Wildman–Crippen LogP) is 4.68. The molecular formula is C22H20FN3O. The largest absolute Gasteiger partial charge is 0.356 e. The van der Waals surface area contributed by atoms with Crippen LogP contribution in [0.1, 0.15) is 34.2 Å². The Morgan fingerprint density at radius 1 is 1.19 bits per heavy atom. The van der Waals surface area contributed by atoms with Crippen molar-refractivity contribution in [1.82, 2.24) is 14.9 Å². The van der Waals surface area contributed by atoms with E-state index in [0.717, 1.165) is 33.1 Å². The number of halogens is 1. The number of amides is 1. The Morgan fingerprint density at radius 2 is 2.00 bits per heavy atom. The van der Waals surface area contributed by atoms with E-state index in [2.05, 4.69) is 9.97 Å². The monoisotopic (exact) mass is 361 g/mol. The first-order chi connectivity index (χ1) is 13.0. The number of carbonyl (C=O) groups excluding carboxylic acids is 1. The van der Waals surface area contributed by atoms with Gasteiger partial charge in [-0.15, -0.1) is 0 Å². The molecule has 4 nitrogen and oxygen atoms in total. The maximum Gasteiger partial charge on any atom is 0.270 e. The lowest BCUT2D eigenvalue weighted by Crippen LogP contribution is -2.42. The van der Waals surface area contributed by atoms with E-state index in [1.165, 1.54) is 6.07 Å². The molecule has 2 aromatic carbocycles. The second kappa shape index (κ2) is 5.71. The molecule has 0 bridgehead atoms. The van der Waals surface area contributed by atoms with Gasteiger partial charge in [0.15, 0.2) is 0 Å². The van der Waals surface area contributed by atoms with Gasteiger partial charge in [0, 0.05) is 46.6 Å². The maximum atomic E-state index is 14.3. The Morgan fingerprint density at radius 3 is 2.81 bits per heavy atom. The van der Waals surface area contributed by atoms with Crippen molar-refractivity contribution in [3.8, 4) is 0 Å². The van der Waals surface area contributed by atoms with E-state index < -0.39 is 0 Å². The number of fused-ring (bicyclic) bond motifs is 4. The van der Waals surface area contributed by atoms with Gasteiger partial charge in [-0.25, -0.2) is 4.39 Å². The fourth-order valence-corrected chi connectivity index (χ4v) is 4.27. The molecule has 5 heteroatoms. The minimum atomic E-state index is -0.244. The van der Waals surface area contributed by atoms with Gasteiger partial charge in [-0.3, -0.25) is 4.79 Å². The number of aromatic nitrogens is 2. The number of aromatic amines is 2. The van der Waals surface area contributed by atoms with Gasteiger partial charge in [0.25, 0.3) is 5.91 Å². The number of para-hydroxylation sites is 1. The van der Waals surface area contributed by atoms with Crippen molar-refractivity contribution in [3.05, 3.63) is 70.8 Å². The first-order valence-corrected chi connectivity index (χ1v) is 9.20. The van der Waals surface area contributed by atoms with E-state index in [4.69, 9.17) is 0 Å². The highest BCUT2D eigenvalue weighted by Gasteiger charge is 2.31. The Balaban J connectivity index is 1.57. The van der Waals surface area contributed by atoms with E-state index in [9.17, 15) is 9.18 Å². The standard InChI is InChI=1S/C22H20FN3O/c1-12-7-8-16(23)21-20(12)15-11-26(13(2)9-18(15)25-21)22(27)19-10-14-5-3-4-6-17(14)24-19/h3-8,10,13,24-25H,9,11H2,1-2H3. The van der Waals surface area contributed by atoms with Crippen LogP contribution in [-0.2, 0) is 13.0 Å². The molecule has 3 heterocycles. The smallest absolute Gasteiger partial charge is 0.270 e. The number of rotatable bonds is 1. The minimum absolute atomic E-state index is 0.0206. The van der Waals surface area contributed by atoms with Crippen molar-refractivity contribution in [3.63, 3.8) is 0 Å². The number of H-pyrrole nitrogens is 2. The molecule has 0 aliphatic carbocycles. The molecule has 0 saturated heterocycles. The number of carbonyl (C=O) groups is 1. The molecule has 4 aromatic rings. The van der Waals surface area contributed by atoms with Crippen molar-refractivity contribution >= 4 is 27.7 Å². The lowest BCUT2D eigenvalue weighted by atomic mass is 9.97. The summed E-state index contributed by atoms with van der Waals surface area (Å²) in [5, 5.41) is 1.93. The quantitative estimate of drug-likeness (QED) is 0.508. The first kappa shape index (κ1) is 16.1. The molecule has 2 N–H and O–H groups in total. The summed E-state index contributed by atoms with van der Waals surface area (Å²) in [6.07, 6.45) is 0.689. The molecule has 27 heavy (non-hydrogen) atoms. The van der Waals surface area contributed by atoms with Crippen molar-refractivity contribution < 1.29 is 9.18 Å². The summed E-state index contributed by atoms with van der Waals surface area (Å²) >= 11 is 0. The van der Waals surface area contributed by atoms with Gasteiger partial charge in [0.05, 0.1) is 5.52 Å². The number of aryl methyl sites for hydroxylation is 1. The summed E-state index contributed by atoms with van der Waals surface area (Å²) in [6, 6.07) is 13.1. The SMILES string of the molecule is Cc1ccc(F)c2[nH]c3c(c12)CN(C(=O)c1cc2ccccc2[nH]1)C(C)C3. The zero-order valence-electron chi connectivity index (χ0n) is 15.3. The summed E-state index contributed by atoms with van der Waals surface area (Å²) in [4.78, 5) is 21.6. The van der Waals surface area contributed by atoms with Gasteiger partial charge < -0.3 is 14.9 Å². The summed E-state index contributed by atoms with van der Waals surface area (Å²) in [5.74, 6) is -0.265. The third-order valence-electron chi connectivity index (χ3n) is 5.69. The van der Waals surface area contributed by atoms with Crippen LogP contribution >= 0.6 is 0 Å². The molecule has 0 radical (unpaired) electrons. The fraction of sp³-hybridized carbons (Fsp3) is 0.227.